The molecule has 1 nitrogen and oxygen atoms in total. The summed E-state index contributed by atoms with van der Waals surface area (Å²) < 4.78 is 3.51. The highest BCUT2D eigenvalue weighted by Gasteiger charge is 2.15. The topological polar surface area (TPSA) is 4.93 Å². The third-order valence-electron chi connectivity index (χ3n) is 6.38. The van der Waals surface area contributed by atoms with Crippen molar-refractivity contribution < 1.29 is 0 Å². The first-order valence-electron chi connectivity index (χ1n) is 11.1. The van der Waals surface area contributed by atoms with Crippen molar-refractivity contribution in [3.63, 3.8) is 0 Å². The van der Waals surface area contributed by atoms with Crippen molar-refractivity contribution in [1.82, 2.24) is 4.57 Å². The van der Waals surface area contributed by atoms with E-state index in [0.717, 1.165) is 4.47 Å². The van der Waals surface area contributed by atoms with Crippen LogP contribution in [-0.4, -0.2) is 4.57 Å². The van der Waals surface area contributed by atoms with Crippen LogP contribution in [0.2, 0.25) is 0 Å². The number of benzene rings is 5. The van der Waals surface area contributed by atoms with Gasteiger partial charge in [-0.05, 0) is 77.2 Å². The van der Waals surface area contributed by atoms with Gasteiger partial charge in [0.2, 0.25) is 0 Å². The monoisotopic (exact) mass is 487 g/mol. The number of fused-ring (bicyclic) bond motifs is 3. The predicted molar refractivity (Wildman–Crippen MR) is 144 cm³/mol. The van der Waals surface area contributed by atoms with Crippen LogP contribution in [0.25, 0.3) is 49.7 Å². The Hall–Kier alpha value is -3.62. The molecule has 1 aromatic heterocycles. The van der Waals surface area contributed by atoms with Gasteiger partial charge in [-0.1, -0.05) is 88.7 Å². The van der Waals surface area contributed by atoms with E-state index in [1.807, 2.05) is 0 Å². The van der Waals surface area contributed by atoms with E-state index >= 15 is 0 Å². The van der Waals surface area contributed by atoms with Crippen molar-refractivity contribution in [2.75, 3.05) is 0 Å². The fourth-order valence-corrected chi connectivity index (χ4v) is 4.94. The first-order chi connectivity index (χ1) is 16.2. The molecule has 2 heteroatoms. The predicted octanol–water partition coefficient (Wildman–Crippen LogP) is 9.19. The molecule has 0 aliphatic rings. The normalized spacial score (nSPS) is 11.3. The summed E-state index contributed by atoms with van der Waals surface area (Å²) in [5.41, 5.74) is 9.78. The molecule has 0 spiro atoms. The Labute approximate surface area is 202 Å². The molecule has 0 aliphatic carbocycles. The van der Waals surface area contributed by atoms with E-state index in [-0.39, 0.29) is 0 Å². The minimum atomic E-state index is 1.13. The molecule has 0 saturated heterocycles. The van der Waals surface area contributed by atoms with Gasteiger partial charge in [-0.3, -0.25) is 0 Å². The van der Waals surface area contributed by atoms with E-state index < -0.39 is 0 Å². The Bertz CT molecular complexity index is 1520. The van der Waals surface area contributed by atoms with Gasteiger partial charge >= 0.3 is 0 Å². The number of hydrogen-bond acceptors (Lipinski definition) is 0. The first kappa shape index (κ1) is 20.0. The fraction of sp³-hybridized carbons (Fsp3) is 0.0323. The molecule has 0 fully saturated rings. The Morgan fingerprint density at radius 3 is 1.52 bits per heavy atom. The standard InChI is InChI=1S/C31H22BrN/c1-21-18-26(14-15-29(21)32)33-30-16-12-24(22-8-4-2-5-9-22)19-27(30)28-20-25(13-17-31(28)33)23-10-6-3-7-11-23/h2-20H,1H3. The molecule has 0 radical (unpaired) electrons. The van der Waals surface area contributed by atoms with E-state index in [2.05, 4.69) is 143 Å². The molecule has 0 aliphatic heterocycles. The van der Waals surface area contributed by atoms with Crippen LogP contribution < -0.4 is 0 Å². The van der Waals surface area contributed by atoms with Gasteiger partial charge in [0.05, 0.1) is 11.0 Å². The molecule has 6 aromatic rings. The summed E-state index contributed by atoms with van der Waals surface area (Å²) in [6, 6.07) is 41.5. The van der Waals surface area contributed by atoms with Gasteiger partial charge in [0, 0.05) is 20.9 Å². The zero-order chi connectivity index (χ0) is 22.4. The van der Waals surface area contributed by atoms with Gasteiger partial charge in [-0.25, -0.2) is 0 Å². The number of aryl methyl sites for hydroxylation is 1. The number of halogens is 1. The number of nitrogens with zero attached hydrogens (tertiary/aromatic N) is 1. The molecule has 6 rings (SSSR count). The number of hydrogen-bond donors (Lipinski definition) is 0. The van der Waals surface area contributed by atoms with Gasteiger partial charge in [0.1, 0.15) is 0 Å². The smallest absolute Gasteiger partial charge is 0.0541 e. The lowest BCUT2D eigenvalue weighted by Gasteiger charge is -2.10. The van der Waals surface area contributed by atoms with Crippen molar-refractivity contribution >= 4 is 37.7 Å². The molecule has 0 unspecified atom stereocenters. The highest BCUT2D eigenvalue weighted by Crippen LogP contribution is 2.37. The fourth-order valence-electron chi connectivity index (χ4n) is 4.69. The van der Waals surface area contributed by atoms with Crippen molar-refractivity contribution in [2.45, 2.75) is 6.92 Å². The van der Waals surface area contributed by atoms with E-state index in [9.17, 15) is 0 Å². The SMILES string of the molecule is Cc1cc(-n2c3ccc(-c4ccccc4)cc3c3cc(-c4ccccc4)ccc32)ccc1Br. The van der Waals surface area contributed by atoms with Crippen LogP contribution in [0.5, 0.6) is 0 Å². The summed E-state index contributed by atoms with van der Waals surface area (Å²) in [6.07, 6.45) is 0. The Morgan fingerprint density at radius 2 is 1.03 bits per heavy atom. The number of rotatable bonds is 3. The molecule has 1 heterocycles. The summed E-state index contributed by atoms with van der Waals surface area (Å²) >= 11 is 3.65. The largest absolute Gasteiger partial charge is 0.309 e. The Morgan fingerprint density at radius 1 is 0.515 bits per heavy atom. The second kappa shape index (κ2) is 8.06. The van der Waals surface area contributed by atoms with Gasteiger partial charge < -0.3 is 4.57 Å². The van der Waals surface area contributed by atoms with Crippen molar-refractivity contribution in [2.24, 2.45) is 0 Å². The molecule has 33 heavy (non-hydrogen) atoms. The number of aromatic nitrogens is 1. The molecular formula is C31H22BrN. The van der Waals surface area contributed by atoms with Gasteiger partial charge in [-0.15, -0.1) is 0 Å². The van der Waals surface area contributed by atoms with Crippen LogP contribution >= 0.6 is 15.9 Å². The lowest BCUT2D eigenvalue weighted by atomic mass is 10.0. The van der Waals surface area contributed by atoms with Crippen molar-refractivity contribution in [3.8, 4) is 27.9 Å². The molecule has 0 saturated carbocycles. The van der Waals surface area contributed by atoms with Crippen molar-refractivity contribution in [1.29, 1.82) is 0 Å². The minimum Gasteiger partial charge on any atom is -0.309 e. The molecule has 0 atom stereocenters. The summed E-state index contributed by atoms with van der Waals surface area (Å²) in [7, 11) is 0. The van der Waals surface area contributed by atoms with Crippen LogP contribution in [0.3, 0.4) is 0 Å². The molecule has 0 N–H and O–H groups in total. The quantitative estimate of drug-likeness (QED) is 0.234. The Kier molecular flexibility index (Phi) is 4.89. The first-order valence-corrected chi connectivity index (χ1v) is 11.9. The molecular weight excluding hydrogens is 466 g/mol. The van der Waals surface area contributed by atoms with Gasteiger partial charge in [0.25, 0.3) is 0 Å². The summed E-state index contributed by atoms with van der Waals surface area (Å²) in [5.74, 6) is 0. The maximum Gasteiger partial charge on any atom is 0.0541 e. The lowest BCUT2D eigenvalue weighted by molar-refractivity contribution is 1.17. The van der Waals surface area contributed by atoms with Crippen LogP contribution in [0.15, 0.2) is 120 Å². The molecule has 158 valence electrons. The third-order valence-corrected chi connectivity index (χ3v) is 7.27. The maximum atomic E-state index is 3.65. The second-order valence-electron chi connectivity index (χ2n) is 8.46. The molecule has 0 amide bonds. The van der Waals surface area contributed by atoms with E-state index in [4.69, 9.17) is 0 Å². The molecule has 0 bridgehead atoms. The van der Waals surface area contributed by atoms with E-state index in [1.165, 1.54) is 55.3 Å². The lowest BCUT2D eigenvalue weighted by Crippen LogP contribution is -1.94. The summed E-state index contributed by atoms with van der Waals surface area (Å²) in [5, 5.41) is 2.54. The summed E-state index contributed by atoms with van der Waals surface area (Å²) in [6.45, 7) is 2.14. The zero-order valence-corrected chi connectivity index (χ0v) is 19.9. The third kappa shape index (κ3) is 3.48. The molecule has 5 aromatic carbocycles. The Balaban J connectivity index is 1.67. The van der Waals surface area contributed by atoms with Crippen LogP contribution in [-0.2, 0) is 0 Å². The van der Waals surface area contributed by atoms with Crippen molar-refractivity contribution in [3.05, 3.63) is 125 Å². The highest BCUT2D eigenvalue weighted by atomic mass is 79.9. The van der Waals surface area contributed by atoms with Gasteiger partial charge in [-0.2, -0.15) is 0 Å². The minimum absolute atomic E-state index is 1.13. The average Bonchev–Trinajstić information content (AvgIpc) is 3.20. The van der Waals surface area contributed by atoms with Crippen LogP contribution in [0.1, 0.15) is 5.56 Å². The second-order valence-corrected chi connectivity index (χ2v) is 9.32. The van der Waals surface area contributed by atoms with Crippen LogP contribution in [0.4, 0.5) is 0 Å². The zero-order valence-electron chi connectivity index (χ0n) is 18.3. The van der Waals surface area contributed by atoms with Crippen LogP contribution in [0, 0.1) is 6.92 Å². The average molecular weight is 488 g/mol. The van der Waals surface area contributed by atoms with E-state index in [0.29, 0.717) is 0 Å². The van der Waals surface area contributed by atoms with E-state index in [1.54, 1.807) is 0 Å². The maximum absolute atomic E-state index is 3.65. The summed E-state index contributed by atoms with van der Waals surface area (Å²) in [4.78, 5) is 0. The van der Waals surface area contributed by atoms with Gasteiger partial charge in [0.15, 0.2) is 0 Å². The highest BCUT2D eigenvalue weighted by molar-refractivity contribution is 9.10.